The van der Waals surface area contributed by atoms with Crippen molar-refractivity contribution in [3.05, 3.63) is 0 Å². The van der Waals surface area contributed by atoms with Crippen molar-refractivity contribution in [1.29, 1.82) is 0 Å². The zero-order valence-corrected chi connectivity index (χ0v) is 89.5. The first-order valence-corrected chi connectivity index (χ1v) is 58.4. The van der Waals surface area contributed by atoms with Crippen molar-refractivity contribution in [2.24, 2.45) is 23.7 Å². The standard InChI is InChI=1S/C57H114N2O5.C50H98ClNO4.C8H18O/c1-6-10-14-18-22-32-42-54(40-30-16-12-8-3)52-63-56(61)44-34-24-20-26-37-47-59(50-49-58(5)46-36-28-29-39-51-60)48-38-27-21-25-35-45-57(62)64-53-55(41-31-17-13-9-4)43-33-23-19-15-11-7-2;1-5-9-13-17-21-29-37-47(35-27-15-11-7-3)45-55-49(53)39-31-23-19-25-33-42-52(44-41-51)43-34-26-20-24-32-40-50(54)56-46-48(36-28-16-12-8-4)38-30-22-18-14-10-6-2;1-2-3-4-5-6-7-8-9/h54-55,60H,6-53H2,1-5H3;47-48H,5-46H2,1-4H3;9H,2-8H2,1H3. The Morgan fingerprint density at radius 3 is 0.589 bits per heavy atom. The molecule has 0 aromatic heterocycles. The summed E-state index contributed by atoms with van der Waals surface area (Å²) < 4.78 is 23.3. The lowest BCUT2D eigenvalue weighted by Gasteiger charge is -2.25. The van der Waals surface area contributed by atoms with Gasteiger partial charge in [0.25, 0.3) is 0 Å². The molecular weight excluding hydrogens is 1620 g/mol. The van der Waals surface area contributed by atoms with Gasteiger partial charge in [-0.2, -0.15) is 0 Å². The van der Waals surface area contributed by atoms with Crippen LogP contribution in [0.2, 0.25) is 0 Å². The Morgan fingerprint density at radius 2 is 0.380 bits per heavy atom. The van der Waals surface area contributed by atoms with E-state index in [1.165, 1.54) is 430 Å². The van der Waals surface area contributed by atoms with E-state index in [0.29, 0.717) is 94.9 Å². The van der Waals surface area contributed by atoms with E-state index >= 15 is 0 Å². The van der Waals surface area contributed by atoms with E-state index in [9.17, 15) is 19.2 Å². The summed E-state index contributed by atoms with van der Waals surface area (Å²) in [4.78, 5) is 58.1. The molecule has 772 valence electrons. The number of esters is 4. The topological polar surface area (TPSA) is 155 Å². The van der Waals surface area contributed by atoms with Gasteiger partial charge in [0.15, 0.2) is 0 Å². The average molecular weight is 1850 g/mol. The molecule has 0 radical (unpaired) electrons. The Balaban J connectivity index is -0.00000225. The number of likely N-dealkylation sites (N-methyl/N-ethyl adjacent to an activating group) is 1. The summed E-state index contributed by atoms with van der Waals surface area (Å²) in [7, 11) is 2.26. The van der Waals surface area contributed by atoms with Gasteiger partial charge in [0.2, 0.25) is 0 Å². The van der Waals surface area contributed by atoms with Crippen molar-refractivity contribution in [3.8, 4) is 0 Å². The number of carbonyl (C=O) groups is 4. The zero-order chi connectivity index (χ0) is 94.8. The van der Waals surface area contributed by atoms with Crippen molar-refractivity contribution >= 4 is 35.5 Å². The molecule has 0 aliphatic heterocycles. The van der Waals surface area contributed by atoms with E-state index < -0.39 is 0 Å². The fraction of sp³-hybridized carbons (Fsp3) is 0.965. The zero-order valence-electron chi connectivity index (χ0n) is 88.8. The van der Waals surface area contributed by atoms with Crippen LogP contribution in [0.15, 0.2) is 0 Å². The number of alkyl halides is 1. The number of carbonyl (C=O) groups excluding carboxylic acids is 4. The number of rotatable bonds is 105. The number of hydrogen-bond donors (Lipinski definition) is 2. The molecule has 4 unspecified atom stereocenters. The monoisotopic (exact) mass is 1850 g/mol. The molecule has 0 fully saturated rings. The summed E-state index contributed by atoms with van der Waals surface area (Å²) in [6, 6.07) is 0. The summed E-state index contributed by atoms with van der Waals surface area (Å²) in [5.74, 6) is 2.89. The molecule has 0 saturated heterocycles. The minimum absolute atomic E-state index is 0.00967. The minimum atomic E-state index is 0.00967. The first-order valence-electron chi connectivity index (χ1n) is 57.8. The van der Waals surface area contributed by atoms with Gasteiger partial charge in [-0.3, -0.25) is 19.2 Å². The first-order chi connectivity index (χ1) is 63.3. The van der Waals surface area contributed by atoms with Gasteiger partial charge in [0.1, 0.15) is 0 Å². The highest BCUT2D eigenvalue weighted by Gasteiger charge is 2.19. The second-order valence-corrected chi connectivity index (χ2v) is 40.6. The Bertz CT molecular complexity index is 2030. The summed E-state index contributed by atoms with van der Waals surface area (Å²) in [6.45, 7) is 32.4. The van der Waals surface area contributed by atoms with Crippen LogP contribution in [0.4, 0.5) is 0 Å². The molecule has 0 aliphatic carbocycles. The molecule has 0 aromatic carbocycles. The molecule has 0 amide bonds. The maximum Gasteiger partial charge on any atom is 0.305 e. The predicted octanol–water partition coefficient (Wildman–Crippen LogP) is 34.5. The first kappa shape index (κ1) is 131. The molecule has 0 rings (SSSR count). The van der Waals surface area contributed by atoms with Crippen LogP contribution in [0.1, 0.15) is 589 Å². The minimum Gasteiger partial charge on any atom is -0.465 e. The summed E-state index contributed by atoms with van der Waals surface area (Å²) in [5.41, 5.74) is 0. The molecule has 0 saturated carbocycles. The van der Waals surface area contributed by atoms with Crippen molar-refractivity contribution in [3.63, 3.8) is 0 Å². The van der Waals surface area contributed by atoms with Crippen LogP contribution < -0.4 is 0 Å². The molecule has 2 N–H and O–H groups in total. The number of halogens is 1. The molecule has 0 aromatic rings. The van der Waals surface area contributed by atoms with E-state index in [-0.39, 0.29) is 23.9 Å². The smallest absolute Gasteiger partial charge is 0.305 e. The van der Waals surface area contributed by atoms with Crippen molar-refractivity contribution in [1.82, 2.24) is 14.7 Å². The van der Waals surface area contributed by atoms with E-state index in [4.69, 9.17) is 40.8 Å². The third-order valence-corrected chi connectivity index (χ3v) is 27.4. The number of aliphatic hydroxyl groups is 2. The van der Waals surface area contributed by atoms with Crippen LogP contribution in [-0.4, -0.2) is 154 Å². The lowest BCUT2D eigenvalue weighted by Crippen LogP contribution is -2.35. The van der Waals surface area contributed by atoms with E-state index in [1.54, 1.807) is 0 Å². The van der Waals surface area contributed by atoms with E-state index in [2.05, 4.69) is 84.1 Å². The van der Waals surface area contributed by atoms with Gasteiger partial charge in [-0.1, -0.05) is 441 Å². The number of aliphatic hydroxyl groups excluding tert-OH is 2. The molecule has 0 aliphatic rings. The second-order valence-electron chi connectivity index (χ2n) is 40.2. The normalized spacial score (nSPS) is 12.5. The molecule has 129 heavy (non-hydrogen) atoms. The van der Waals surface area contributed by atoms with Crippen LogP contribution in [0.25, 0.3) is 0 Å². The summed E-state index contributed by atoms with van der Waals surface area (Å²) in [6.07, 6.45) is 99.0. The lowest BCUT2D eigenvalue weighted by molar-refractivity contribution is -0.146. The lowest BCUT2D eigenvalue weighted by atomic mass is 9.95. The molecule has 0 bridgehead atoms. The van der Waals surface area contributed by atoms with Crippen LogP contribution >= 0.6 is 11.6 Å². The largest absolute Gasteiger partial charge is 0.465 e. The van der Waals surface area contributed by atoms with Gasteiger partial charge < -0.3 is 43.9 Å². The molecule has 14 heteroatoms. The highest BCUT2D eigenvalue weighted by Crippen LogP contribution is 2.26. The van der Waals surface area contributed by atoms with Gasteiger partial charge in [0, 0.05) is 64.4 Å². The number of nitrogens with zero attached hydrogens (tertiary/aromatic N) is 3. The highest BCUT2D eigenvalue weighted by atomic mass is 35.5. The molecule has 0 heterocycles. The van der Waals surface area contributed by atoms with Gasteiger partial charge in [-0.05, 0) is 185 Å². The molecule has 13 nitrogen and oxygen atoms in total. The van der Waals surface area contributed by atoms with Crippen molar-refractivity contribution < 1.29 is 48.3 Å². The highest BCUT2D eigenvalue weighted by molar-refractivity contribution is 6.18. The van der Waals surface area contributed by atoms with E-state index in [0.717, 1.165) is 123 Å². The summed E-state index contributed by atoms with van der Waals surface area (Å²) >= 11 is 6.15. The Hall–Kier alpha value is -2.03. The Labute approximate surface area is 811 Å². The third-order valence-electron chi connectivity index (χ3n) is 27.2. The SMILES string of the molecule is CCCCCCCCC(CCCCCC)COC(=O)CCCCCCCN(CCCCCCCC(=O)OCC(CCCCCC)CCCCCCCC)CCN(C)CCCCCCO.CCCCCCCCC(CCCCCC)COC(=O)CCCCCCCN(CCCl)CCCCCCCC(=O)OCC(CCCCCC)CCCCCCCC.CCCCCCCCO. The molecular formula is C115H230ClN3O10. The van der Waals surface area contributed by atoms with Crippen LogP contribution in [0.5, 0.6) is 0 Å². The van der Waals surface area contributed by atoms with Crippen molar-refractivity contribution in [2.75, 3.05) is 105 Å². The number of unbranched alkanes of at least 4 members (excludes halogenated alkanes) is 56. The number of hydrogen-bond acceptors (Lipinski definition) is 13. The quantitative estimate of drug-likeness (QED) is 0.0257. The van der Waals surface area contributed by atoms with Gasteiger partial charge in [-0.15, -0.1) is 11.6 Å². The van der Waals surface area contributed by atoms with Crippen molar-refractivity contribution in [2.45, 2.75) is 589 Å². The van der Waals surface area contributed by atoms with Crippen LogP contribution in [-0.2, 0) is 38.1 Å². The second kappa shape index (κ2) is 113. The Kier molecular flexibility index (Phi) is 115. The molecule has 0 spiro atoms. The predicted molar refractivity (Wildman–Crippen MR) is 563 cm³/mol. The fourth-order valence-corrected chi connectivity index (χ4v) is 18.4. The maximum atomic E-state index is 12.7. The maximum absolute atomic E-state index is 12.7. The van der Waals surface area contributed by atoms with Crippen LogP contribution in [0, 0.1) is 23.7 Å². The number of ether oxygens (including phenoxy) is 4. The summed E-state index contributed by atoms with van der Waals surface area (Å²) in [5, 5.41) is 17.5. The van der Waals surface area contributed by atoms with Gasteiger partial charge >= 0.3 is 23.9 Å². The third kappa shape index (κ3) is 106. The van der Waals surface area contributed by atoms with Gasteiger partial charge in [0.05, 0.1) is 26.4 Å². The van der Waals surface area contributed by atoms with Gasteiger partial charge in [-0.25, -0.2) is 0 Å². The molecule has 4 atom stereocenters. The van der Waals surface area contributed by atoms with E-state index in [1.807, 2.05) is 0 Å². The average Bonchev–Trinajstić information content (AvgIpc) is 0.996. The Morgan fingerprint density at radius 1 is 0.209 bits per heavy atom. The fourth-order valence-electron chi connectivity index (χ4n) is 18.2. The van der Waals surface area contributed by atoms with Crippen LogP contribution in [0.3, 0.4) is 0 Å².